The van der Waals surface area contributed by atoms with E-state index in [-0.39, 0.29) is 36.1 Å². The Kier molecular flexibility index (Phi) is 7.06. The summed E-state index contributed by atoms with van der Waals surface area (Å²) in [6, 6.07) is 6.10. The Bertz CT molecular complexity index is 1080. The van der Waals surface area contributed by atoms with E-state index in [1.54, 1.807) is 19.1 Å². The molecule has 3 rings (SSSR count). The number of ketones is 1. The molecular formula is C21H23ClN4O5. The zero-order valence-corrected chi connectivity index (χ0v) is 18.0. The first kappa shape index (κ1) is 22.5. The standard InChI is InChI=1S/C21H23ClN4O5/c1-12-24-18(16-6-4-14(22)8-17(16)25-21(30)31-2)9-20(29)26(12)11-15(27)5-3-13-7-19(28)23-10-13/h4,6,8-9,13H,3,5,7,10-11H2,1-2H3,(H,23,28)(H,25,30). The Balaban J connectivity index is 1.78. The number of aromatic nitrogens is 2. The molecule has 1 atom stereocenters. The van der Waals surface area contributed by atoms with Crippen molar-refractivity contribution in [1.82, 2.24) is 14.9 Å². The van der Waals surface area contributed by atoms with Crippen LogP contribution in [0.15, 0.2) is 29.1 Å². The molecule has 1 aromatic carbocycles. The number of aryl methyl sites for hydroxylation is 1. The summed E-state index contributed by atoms with van der Waals surface area (Å²) >= 11 is 6.02. The number of hydrogen-bond donors (Lipinski definition) is 2. The average Bonchev–Trinajstić information content (AvgIpc) is 3.14. The van der Waals surface area contributed by atoms with Crippen molar-refractivity contribution in [1.29, 1.82) is 0 Å². The number of carbonyl (C=O) groups is 3. The van der Waals surface area contributed by atoms with E-state index in [9.17, 15) is 19.2 Å². The SMILES string of the molecule is COC(=O)Nc1cc(Cl)ccc1-c1cc(=O)n(CC(=O)CCC2CNC(=O)C2)c(C)n1. The summed E-state index contributed by atoms with van der Waals surface area (Å²) in [6.07, 6.45) is 0.645. The minimum atomic E-state index is -0.682. The molecule has 1 aliphatic heterocycles. The first-order valence-electron chi connectivity index (χ1n) is 9.78. The van der Waals surface area contributed by atoms with E-state index >= 15 is 0 Å². The van der Waals surface area contributed by atoms with Gasteiger partial charge in [-0.25, -0.2) is 9.78 Å². The maximum absolute atomic E-state index is 12.7. The van der Waals surface area contributed by atoms with Crippen LogP contribution in [-0.2, 0) is 20.9 Å². The van der Waals surface area contributed by atoms with Crippen molar-refractivity contribution in [3.63, 3.8) is 0 Å². The minimum Gasteiger partial charge on any atom is -0.453 e. The molecule has 1 unspecified atom stereocenters. The molecule has 0 radical (unpaired) electrons. The van der Waals surface area contributed by atoms with Gasteiger partial charge >= 0.3 is 6.09 Å². The Hall–Kier alpha value is -3.20. The van der Waals surface area contributed by atoms with Crippen molar-refractivity contribution in [3.05, 3.63) is 45.5 Å². The van der Waals surface area contributed by atoms with Crippen LogP contribution in [-0.4, -0.2) is 41.0 Å². The summed E-state index contributed by atoms with van der Waals surface area (Å²) in [4.78, 5) is 52.4. The number of hydrogen-bond acceptors (Lipinski definition) is 6. The lowest BCUT2D eigenvalue weighted by atomic mass is 10.0. The van der Waals surface area contributed by atoms with Crippen LogP contribution in [0.25, 0.3) is 11.3 Å². The van der Waals surface area contributed by atoms with E-state index in [1.807, 2.05) is 0 Å². The molecule has 0 saturated carbocycles. The van der Waals surface area contributed by atoms with Crippen LogP contribution < -0.4 is 16.2 Å². The van der Waals surface area contributed by atoms with Crippen molar-refractivity contribution in [2.24, 2.45) is 5.92 Å². The van der Waals surface area contributed by atoms with Crippen molar-refractivity contribution in [2.75, 3.05) is 19.0 Å². The molecule has 0 bridgehead atoms. The van der Waals surface area contributed by atoms with Crippen molar-refractivity contribution in [2.45, 2.75) is 32.7 Å². The zero-order chi connectivity index (χ0) is 22.5. The number of halogens is 1. The molecule has 1 saturated heterocycles. The van der Waals surface area contributed by atoms with Crippen LogP contribution in [0.5, 0.6) is 0 Å². The highest BCUT2D eigenvalue weighted by atomic mass is 35.5. The number of nitrogens with zero attached hydrogens (tertiary/aromatic N) is 2. The van der Waals surface area contributed by atoms with Crippen LogP contribution in [0.1, 0.15) is 25.1 Å². The van der Waals surface area contributed by atoms with E-state index in [0.29, 0.717) is 47.2 Å². The molecule has 1 aliphatic rings. The minimum absolute atomic E-state index is 0.00700. The predicted octanol–water partition coefficient (Wildman–Crippen LogP) is 2.54. The number of ether oxygens (including phenoxy) is 1. The molecular weight excluding hydrogens is 424 g/mol. The highest BCUT2D eigenvalue weighted by Crippen LogP contribution is 2.29. The summed E-state index contributed by atoms with van der Waals surface area (Å²) in [5.74, 6) is 0.430. The monoisotopic (exact) mass is 446 g/mol. The van der Waals surface area contributed by atoms with Crippen LogP contribution in [0.4, 0.5) is 10.5 Å². The maximum atomic E-state index is 12.7. The van der Waals surface area contributed by atoms with Crippen LogP contribution in [0.2, 0.25) is 5.02 Å². The van der Waals surface area contributed by atoms with Gasteiger partial charge in [0, 0.05) is 36.0 Å². The fraction of sp³-hybridized carbons (Fsp3) is 0.381. The number of anilines is 1. The van der Waals surface area contributed by atoms with E-state index < -0.39 is 6.09 Å². The second-order valence-electron chi connectivity index (χ2n) is 7.37. The summed E-state index contributed by atoms with van der Waals surface area (Å²) in [6.45, 7) is 2.14. The highest BCUT2D eigenvalue weighted by molar-refractivity contribution is 6.31. The van der Waals surface area contributed by atoms with Gasteiger partial charge < -0.3 is 10.1 Å². The quantitative estimate of drug-likeness (QED) is 0.674. The number of amides is 2. The van der Waals surface area contributed by atoms with Crippen LogP contribution >= 0.6 is 11.6 Å². The third kappa shape index (κ3) is 5.69. The third-order valence-electron chi connectivity index (χ3n) is 5.11. The zero-order valence-electron chi connectivity index (χ0n) is 17.2. The van der Waals surface area contributed by atoms with Crippen LogP contribution in [0, 0.1) is 12.8 Å². The molecule has 9 nitrogen and oxygen atoms in total. The smallest absolute Gasteiger partial charge is 0.411 e. The molecule has 2 heterocycles. The highest BCUT2D eigenvalue weighted by Gasteiger charge is 2.22. The third-order valence-corrected chi connectivity index (χ3v) is 5.34. The maximum Gasteiger partial charge on any atom is 0.411 e. The van der Waals surface area contributed by atoms with Gasteiger partial charge in [0.1, 0.15) is 5.82 Å². The van der Waals surface area contributed by atoms with Gasteiger partial charge in [-0.1, -0.05) is 11.6 Å². The summed E-state index contributed by atoms with van der Waals surface area (Å²) in [5, 5.41) is 5.70. The lowest BCUT2D eigenvalue weighted by Crippen LogP contribution is -2.27. The summed E-state index contributed by atoms with van der Waals surface area (Å²) in [7, 11) is 1.24. The Morgan fingerprint density at radius 3 is 2.74 bits per heavy atom. The normalized spacial score (nSPS) is 15.5. The first-order chi connectivity index (χ1) is 14.8. The fourth-order valence-corrected chi connectivity index (χ4v) is 3.62. The fourth-order valence-electron chi connectivity index (χ4n) is 3.45. The molecule has 31 heavy (non-hydrogen) atoms. The second-order valence-corrected chi connectivity index (χ2v) is 7.81. The Morgan fingerprint density at radius 2 is 2.10 bits per heavy atom. The Labute approximate surface area is 183 Å². The average molecular weight is 447 g/mol. The number of methoxy groups -OCH3 is 1. The molecule has 1 aromatic heterocycles. The summed E-state index contributed by atoms with van der Waals surface area (Å²) < 4.78 is 5.93. The largest absolute Gasteiger partial charge is 0.453 e. The van der Waals surface area contributed by atoms with Gasteiger partial charge in [-0.2, -0.15) is 0 Å². The second kappa shape index (κ2) is 9.74. The predicted molar refractivity (Wildman–Crippen MR) is 115 cm³/mol. The van der Waals surface area contributed by atoms with Gasteiger partial charge in [-0.3, -0.25) is 24.3 Å². The van der Waals surface area contributed by atoms with E-state index in [1.165, 1.54) is 23.8 Å². The van der Waals surface area contributed by atoms with Crippen molar-refractivity contribution in [3.8, 4) is 11.3 Å². The van der Waals surface area contributed by atoms with Crippen molar-refractivity contribution < 1.29 is 19.1 Å². The topological polar surface area (TPSA) is 119 Å². The van der Waals surface area contributed by atoms with Gasteiger partial charge in [0.05, 0.1) is 25.0 Å². The number of rotatable bonds is 7. The molecule has 0 spiro atoms. The number of benzene rings is 1. The Morgan fingerprint density at radius 1 is 1.32 bits per heavy atom. The first-order valence-corrected chi connectivity index (χ1v) is 10.2. The lowest BCUT2D eigenvalue weighted by Gasteiger charge is -2.14. The number of nitrogens with one attached hydrogen (secondary N) is 2. The van der Waals surface area contributed by atoms with E-state index in [2.05, 4.69) is 20.4 Å². The summed E-state index contributed by atoms with van der Waals surface area (Å²) in [5.41, 5.74) is 0.795. The van der Waals surface area contributed by atoms with Gasteiger partial charge in [0.15, 0.2) is 5.78 Å². The number of Topliss-reactive ketones (excluding diaryl/α,β-unsaturated/α-hetero) is 1. The number of carbonyl (C=O) groups excluding carboxylic acids is 3. The molecule has 2 N–H and O–H groups in total. The van der Waals surface area contributed by atoms with Crippen molar-refractivity contribution >= 4 is 35.1 Å². The molecule has 0 aliphatic carbocycles. The van der Waals surface area contributed by atoms with E-state index in [0.717, 1.165) is 0 Å². The van der Waals surface area contributed by atoms with Gasteiger partial charge in [-0.15, -0.1) is 0 Å². The molecule has 1 fully saturated rings. The molecule has 10 heteroatoms. The van der Waals surface area contributed by atoms with Gasteiger partial charge in [0.2, 0.25) is 5.91 Å². The molecule has 2 aromatic rings. The molecule has 164 valence electrons. The van der Waals surface area contributed by atoms with E-state index in [4.69, 9.17) is 11.6 Å². The molecule has 2 amide bonds. The van der Waals surface area contributed by atoms with Gasteiger partial charge in [-0.05, 0) is 37.5 Å². The lowest BCUT2D eigenvalue weighted by molar-refractivity contribution is -0.121. The van der Waals surface area contributed by atoms with Crippen LogP contribution in [0.3, 0.4) is 0 Å². The van der Waals surface area contributed by atoms with Gasteiger partial charge in [0.25, 0.3) is 5.56 Å².